The monoisotopic (exact) mass is 349 g/mol. The topological polar surface area (TPSA) is 59.2 Å². The summed E-state index contributed by atoms with van der Waals surface area (Å²) in [7, 11) is 0. The van der Waals surface area contributed by atoms with Gasteiger partial charge in [-0.1, -0.05) is 30.8 Å². The summed E-state index contributed by atoms with van der Waals surface area (Å²) in [6.07, 6.45) is 2.63. The Morgan fingerprint density at radius 3 is 3.12 bits per heavy atom. The Morgan fingerprint density at radius 2 is 2.33 bits per heavy atom. The van der Waals surface area contributed by atoms with Crippen LogP contribution in [0.25, 0.3) is 0 Å². The highest BCUT2D eigenvalue weighted by atomic mass is 32.2. The van der Waals surface area contributed by atoms with Crippen molar-refractivity contribution >= 4 is 17.7 Å². The highest BCUT2D eigenvalue weighted by Gasteiger charge is 2.21. The quantitative estimate of drug-likeness (QED) is 0.776. The number of hydrogen-bond acceptors (Lipinski definition) is 5. The van der Waals surface area contributed by atoms with Crippen LogP contribution >= 0.6 is 11.8 Å². The lowest BCUT2D eigenvalue weighted by Crippen LogP contribution is -2.40. The second-order valence-electron chi connectivity index (χ2n) is 6.14. The number of nitrogens with zero attached hydrogens (tertiary/aromatic N) is 3. The zero-order valence-electron chi connectivity index (χ0n) is 13.6. The van der Waals surface area contributed by atoms with E-state index in [4.69, 9.17) is 4.42 Å². The molecule has 24 heavy (non-hydrogen) atoms. The molecule has 0 radical (unpaired) electrons. The minimum absolute atomic E-state index is 0.108. The lowest BCUT2D eigenvalue weighted by molar-refractivity contribution is -0.130. The summed E-state index contributed by atoms with van der Waals surface area (Å²) in [6, 6.07) is 6.29. The fourth-order valence-electron chi connectivity index (χ4n) is 2.82. The molecule has 0 aliphatic carbocycles. The van der Waals surface area contributed by atoms with Gasteiger partial charge in [-0.05, 0) is 36.5 Å². The summed E-state index contributed by atoms with van der Waals surface area (Å²) < 4.78 is 18.7. The summed E-state index contributed by atoms with van der Waals surface area (Å²) in [6.45, 7) is 3.83. The van der Waals surface area contributed by atoms with Gasteiger partial charge < -0.3 is 9.32 Å². The van der Waals surface area contributed by atoms with Crippen molar-refractivity contribution in [3.05, 3.63) is 41.5 Å². The zero-order chi connectivity index (χ0) is 16.9. The largest absolute Gasteiger partial charge is 0.416 e. The molecule has 1 aliphatic rings. The van der Waals surface area contributed by atoms with Gasteiger partial charge in [0.1, 0.15) is 5.82 Å². The molecule has 0 unspecified atom stereocenters. The number of likely N-dealkylation sites (tertiary alicyclic amines) is 1. The van der Waals surface area contributed by atoms with Gasteiger partial charge in [0.15, 0.2) is 0 Å². The van der Waals surface area contributed by atoms with Gasteiger partial charge in [-0.25, -0.2) is 4.39 Å². The molecule has 5 nitrogen and oxygen atoms in total. The zero-order valence-corrected chi connectivity index (χ0v) is 14.4. The van der Waals surface area contributed by atoms with Crippen molar-refractivity contribution < 1.29 is 13.6 Å². The first-order valence-corrected chi connectivity index (χ1v) is 9.06. The molecule has 3 rings (SSSR count). The Bertz CT molecular complexity index is 707. The summed E-state index contributed by atoms with van der Waals surface area (Å²) in [4.78, 5) is 14.1. The van der Waals surface area contributed by atoms with Gasteiger partial charge in [0, 0.05) is 13.1 Å². The van der Waals surface area contributed by atoms with Gasteiger partial charge >= 0.3 is 0 Å². The summed E-state index contributed by atoms with van der Waals surface area (Å²) in [5, 5.41) is 8.28. The maximum absolute atomic E-state index is 13.2. The highest BCUT2D eigenvalue weighted by Crippen LogP contribution is 2.21. The lowest BCUT2D eigenvalue weighted by atomic mass is 10.0. The van der Waals surface area contributed by atoms with Gasteiger partial charge in [-0.3, -0.25) is 4.79 Å². The van der Waals surface area contributed by atoms with Crippen LogP contribution in [0.1, 0.15) is 31.2 Å². The Kier molecular flexibility index (Phi) is 5.50. The fraction of sp³-hybridized carbons (Fsp3) is 0.471. The maximum atomic E-state index is 13.2. The number of halogens is 1. The van der Waals surface area contributed by atoms with E-state index in [0.29, 0.717) is 29.2 Å². The third-order valence-electron chi connectivity index (χ3n) is 4.02. The van der Waals surface area contributed by atoms with Crippen molar-refractivity contribution in [1.82, 2.24) is 15.1 Å². The molecule has 0 N–H and O–H groups in total. The van der Waals surface area contributed by atoms with Crippen molar-refractivity contribution in [3.63, 3.8) is 0 Å². The molecular weight excluding hydrogens is 329 g/mol. The van der Waals surface area contributed by atoms with Crippen LogP contribution in [-0.2, 0) is 11.2 Å². The molecule has 7 heteroatoms. The number of benzene rings is 1. The molecule has 1 aromatic heterocycles. The van der Waals surface area contributed by atoms with Crippen molar-refractivity contribution in [2.45, 2.75) is 31.4 Å². The minimum Gasteiger partial charge on any atom is -0.416 e. The van der Waals surface area contributed by atoms with E-state index in [9.17, 15) is 9.18 Å². The molecule has 1 aromatic carbocycles. The van der Waals surface area contributed by atoms with E-state index in [-0.39, 0.29) is 11.7 Å². The maximum Gasteiger partial charge on any atom is 0.277 e. The molecule has 1 amide bonds. The molecule has 0 spiro atoms. The first kappa shape index (κ1) is 17.0. The molecule has 1 aliphatic heterocycles. The van der Waals surface area contributed by atoms with Crippen molar-refractivity contribution in [3.8, 4) is 0 Å². The molecule has 0 bridgehead atoms. The van der Waals surface area contributed by atoms with Gasteiger partial charge in [0.25, 0.3) is 5.22 Å². The van der Waals surface area contributed by atoms with Crippen molar-refractivity contribution in [2.75, 3.05) is 18.8 Å². The summed E-state index contributed by atoms with van der Waals surface area (Å²) >= 11 is 1.25. The first-order valence-electron chi connectivity index (χ1n) is 8.07. The second kappa shape index (κ2) is 7.79. The number of amides is 1. The van der Waals surface area contributed by atoms with E-state index >= 15 is 0 Å². The van der Waals surface area contributed by atoms with Crippen LogP contribution < -0.4 is 0 Å². The number of carbonyl (C=O) groups excluding carboxylic acids is 1. The number of thioether (sulfide) groups is 1. The van der Waals surface area contributed by atoms with Crippen LogP contribution in [0, 0.1) is 11.7 Å². The van der Waals surface area contributed by atoms with Gasteiger partial charge in [0.2, 0.25) is 11.8 Å². The van der Waals surface area contributed by atoms with E-state index in [1.54, 1.807) is 12.1 Å². The van der Waals surface area contributed by atoms with Crippen LogP contribution in [0.2, 0.25) is 0 Å². The third kappa shape index (κ3) is 4.56. The molecule has 2 heterocycles. The summed E-state index contributed by atoms with van der Waals surface area (Å²) in [5.41, 5.74) is 0.772. The Morgan fingerprint density at radius 1 is 1.46 bits per heavy atom. The average Bonchev–Trinajstić information content (AvgIpc) is 3.00. The lowest BCUT2D eigenvalue weighted by Gasteiger charge is -2.30. The van der Waals surface area contributed by atoms with Gasteiger partial charge in [0.05, 0.1) is 12.2 Å². The summed E-state index contributed by atoms with van der Waals surface area (Å²) in [5.74, 6) is 1.10. The first-order chi connectivity index (χ1) is 11.6. The van der Waals surface area contributed by atoms with Gasteiger partial charge in [-0.15, -0.1) is 10.2 Å². The molecule has 0 saturated carbocycles. The van der Waals surface area contributed by atoms with E-state index in [2.05, 4.69) is 17.1 Å². The molecule has 128 valence electrons. The average molecular weight is 349 g/mol. The number of carbonyl (C=O) groups is 1. The smallest absolute Gasteiger partial charge is 0.277 e. The van der Waals surface area contributed by atoms with E-state index in [1.165, 1.54) is 30.3 Å². The number of hydrogen-bond donors (Lipinski definition) is 0. The predicted molar refractivity (Wildman–Crippen MR) is 89.2 cm³/mol. The second-order valence-corrected chi connectivity index (χ2v) is 7.07. The van der Waals surface area contributed by atoms with E-state index in [1.807, 2.05) is 4.90 Å². The van der Waals surface area contributed by atoms with Crippen LogP contribution in [0.15, 0.2) is 33.9 Å². The molecular formula is C17H20FN3O2S. The number of piperidine rings is 1. The molecule has 1 saturated heterocycles. The SMILES string of the molecule is C[C@@H]1CCCN(C(=O)CSc2nnc(Cc3cccc(F)c3)o2)C1. The Hall–Kier alpha value is -1.89. The standard InChI is InChI=1S/C17H20FN3O2S/c1-12-4-3-7-21(10-12)16(22)11-24-17-20-19-15(23-17)9-13-5-2-6-14(18)8-13/h2,5-6,8,12H,3-4,7,9-11H2,1H3/t12-/m1/s1. The van der Waals surface area contributed by atoms with Crippen molar-refractivity contribution in [1.29, 1.82) is 0 Å². The van der Waals surface area contributed by atoms with Crippen LogP contribution in [-0.4, -0.2) is 39.8 Å². The fourth-order valence-corrected chi connectivity index (χ4v) is 3.50. The number of aromatic nitrogens is 2. The third-order valence-corrected chi connectivity index (χ3v) is 4.82. The predicted octanol–water partition coefficient (Wildman–Crippen LogP) is 3.15. The Labute approximate surface area is 144 Å². The van der Waals surface area contributed by atoms with E-state index in [0.717, 1.165) is 25.1 Å². The van der Waals surface area contributed by atoms with Crippen LogP contribution in [0.3, 0.4) is 0 Å². The van der Waals surface area contributed by atoms with Crippen LogP contribution in [0.5, 0.6) is 0 Å². The van der Waals surface area contributed by atoms with Gasteiger partial charge in [-0.2, -0.15) is 0 Å². The molecule has 1 atom stereocenters. The highest BCUT2D eigenvalue weighted by molar-refractivity contribution is 7.99. The Balaban J connectivity index is 1.51. The normalized spacial score (nSPS) is 17.9. The van der Waals surface area contributed by atoms with Crippen LogP contribution in [0.4, 0.5) is 4.39 Å². The molecule has 1 fully saturated rings. The minimum atomic E-state index is -0.289. The van der Waals surface area contributed by atoms with Crippen molar-refractivity contribution in [2.24, 2.45) is 5.92 Å². The molecule has 2 aromatic rings. The van der Waals surface area contributed by atoms with E-state index < -0.39 is 0 Å². The number of rotatable bonds is 5.